The van der Waals surface area contributed by atoms with Crippen LogP contribution >= 0.6 is 0 Å². The highest BCUT2D eigenvalue weighted by molar-refractivity contribution is 5.74. The zero-order valence-corrected chi connectivity index (χ0v) is 14.4. The van der Waals surface area contributed by atoms with E-state index in [9.17, 15) is 14.3 Å². The van der Waals surface area contributed by atoms with Crippen LogP contribution in [0.3, 0.4) is 0 Å². The van der Waals surface area contributed by atoms with Crippen LogP contribution in [0.2, 0.25) is 0 Å². The first kappa shape index (κ1) is 19.4. The first-order chi connectivity index (χ1) is 10.8. The second-order valence-electron chi connectivity index (χ2n) is 6.34. The molecule has 1 aromatic rings. The number of rotatable bonds is 8. The highest BCUT2D eigenvalue weighted by atomic mass is 19.1. The third-order valence-electron chi connectivity index (χ3n) is 3.88. The smallest absolute Gasteiger partial charge is 0.315 e. The van der Waals surface area contributed by atoms with Gasteiger partial charge in [-0.25, -0.2) is 9.18 Å². The number of hydrogen-bond donors (Lipinski definition) is 3. The molecule has 2 unspecified atom stereocenters. The summed E-state index contributed by atoms with van der Waals surface area (Å²) in [4.78, 5) is 14.0. The fourth-order valence-corrected chi connectivity index (χ4v) is 2.55. The molecule has 0 fully saturated rings. The molecule has 0 radical (unpaired) electrons. The molecule has 6 heteroatoms. The Kier molecular flexibility index (Phi) is 7.45. The number of nitrogens with one attached hydrogen (secondary N) is 2. The van der Waals surface area contributed by atoms with Crippen LogP contribution in [0.5, 0.6) is 0 Å². The quantitative estimate of drug-likeness (QED) is 0.687. The van der Waals surface area contributed by atoms with Crippen molar-refractivity contribution in [3.05, 3.63) is 35.6 Å². The molecule has 2 atom stereocenters. The third-order valence-corrected chi connectivity index (χ3v) is 3.88. The van der Waals surface area contributed by atoms with Gasteiger partial charge in [-0.15, -0.1) is 0 Å². The van der Waals surface area contributed by atoms with Crippen molar-refractivity contribution in [2.45, 2.75) is 38.3 Å². The molecule has 130 valence electrons. The maximum absolute atomic E-state index is 13.4. The molecule has 0 aliphatic rings. The molecule has 3 N–H and O–H groups in total. The third kappa shape index (κ3) is 6.15. The normalized spacial score (nSPS) is 15.1. The average molecular weight is 325 g/mol. The largest absolute Gasteiger partial charge is 0.394 e. The van der Waals surface area contributed by atoms with E-state index in [0.717, 1.165) is 12.0 Å². The van der Waals surface area contributed by atoms with Gasteiger partial charge in [-0.3, -0.25) is 0 Å². The molecule has 0 aliphatic heterocycles. The van der Waals surface area contributed by atoms with Crippen LogP contribution in [-0.2, 0) is 0 Å². The maximum atomic E-state index is 13.4. The van der Waals surface area contributed by atoms with Crippen LogP contribution in [0, 0.1) is 5.82 Å². The van der Waals surface area contributed by atoms with Crippen molar-refractivity contribution < 1.29 is 14.3 Å². The number of aliphatic hydroxyl groups excluding tert-OH is 1. The number of amides is 2. The summed E-state index contributed by atoms with van der Waals surface area (Å²) in [6, 6.07) is 5.89. The molecule has 5 nitrogen and oxygen atoms in total. The van der Waals surface area contributed by atoms with Gasteiger partial charge in [0.2, 0.25) is 0 Å². The standard InChI is InChI=1S/C17H28FN3O2/c1-5-9-17(2,12-22)20-16(23)19-11-15(21(3)4)13-7-6-8-14(18)10-13/h6-8,10,15,22H,5,9,11-12H2,1-4H3,(H2,19,20,23). The van der Waals surface area contributed by atoms with Crippen molar-refractivity contribution in [1.29, 1.82) is 0 Å². The van der Waals surface area contributed by atoms with E-state index < -0.39 is 5.54 Å². The van der Waals surface area contributed by atoms with Gasteiger partial charge in [-0.05, 0) is 45.1 Å². The molecule has 2 amide bonds. The summed E-state index contributed by atoms with van der Waals surface area (Å²) in [6.07, 6.45) is 1.55. The predicted octanol–water partition coefficient (Wildman–Crippen LogP) is 2.28. The van der Waals surface area contributed by atoms with Crippen molar-refractivity contribution in [1.82, 2.24) is 15.5 Å². The molecule has 0 aliphatic carbocycles. The Bertz CT molecular complexity index is 510. The Morgan fingerprint density at radius 3 is 2.65 bits per heavy atom. The molecule has 0 bridgehead atoms. The highest BCUT2D eigenvalue weighted by Gasteiger charge is 2.25. The lowest BCUT2D eigenvalue weighted by Gasteiger charge is -2.30. The topological polar surface area (TPSA) is 64.6 Å². The minimum absolute atomic E-state index is 0.116. The molecule has 0 saturated heterocycles. The lowest BCUT2D eigenvalue weighted by atomic mass is 9.97. The lowest BCUT2D eigenvalue weighted by molar-refractivity contribution is 0.162. The molecular weight excluding hydrogens is 297 g/mol. The van der Waals surface area contributed by atoms with E-state index >= 15 is 0 Å². The summed E-state index contributed by atoms with van der Waals surface area (Å²) < 4.78 is 13.4. The number of carbonyl (C=O) groups excluding carboxylic acids is 1. The summed E-state index contributed by atoms with van der Waals surface area (Å²) in [5.74, 6) is -0.297. The van der Waals surface area contributed by atoms with Crippen molar-refractivity contribution >= 4 is 6.03 Å². The molecule has 23 heavy (non-hydrogen) atoms. The van der Waals surface area contributed by atoms with Crippen molar-refractivity contribution in [3.8, 4) is 0 Å². The van der Waals surface area contributed by atoms with Gasteiger partial charge in [0.25, 0.3) is 0 Å². The van der Waals surface area contributed by atoms with Crippen LogP contribution in [0.1, 0.15) is 38.3 Å². The van der Waals surface area contributed by atoms with Crippen LogP contribution in [0.25, 0.3) is 0 Å². The van der Waals surface area contributed by atoms with E-state index in [1.165, 1.54) is 12.1 Å². The first-order valence-electron chi connectivity index (χ1n) is 7.90. The number of hydrogen-bond acceptors (Lipinski definition) is 3. The summed E-state index contributed by atoms with van der Waals surface area (Å²) >= 11 is 0. The van der Waals surface area contributed by atoms with Crippen molar-refractivity contribution in [3.63, 3.8) is 0 Å². The molecule has 1 rings (SSSR count). The fourth-order valence-electron chi connectivity index (χ4n) is 2.55. The number of nitrogens with zero attached hydrogens (tertiary/aromatic N) is 1. The second kappa shape index (κ2) is 8.84. The Morgan fingerprint density at radius 1 is 1.43 bits per heavy atom. The monoisotopic (exact) mass is 325 g/mol. The van der Waals surface area contributed by atoms with Gasteiger partial charge in [-0.1, -0.05) is 25.5 Å². The highest BCUT2D eigenvalue weighted by Crippen LogP contribution is 2.18. The predicted molar refractivity (Wildman–Crippen MR) is 89.8 cm³/mol. The number of carbonyl (C=O) groups is 1. The number of benzene rings is 1. The summed E-state index contributed by atoms with van der Waals surface area (Å²) in [5.41, 5.74) is 0.166. The van der Waals surface area contributed by atoms with Crippen LogP contribution < -0.4 is 10.6 Å². The summed E-state index contributed by atoms with van der Waals surface area (Å²) in [6.45, 7) is 4.04. The average Bonchev–Trinajstić information content (AvgIpc) is 2.47. The van der Waals surface area contributed by atoms with Crippen LogP contribution in [0.15, 0.2) is 24.3 Å². The first-order valence-corrected chi connectivity index (χ1v) is 7.90. The number of urea groups is 1. The van der Waals surface area contributed by atoms with Gasteiger partial charge in [0, 0.05) is 6.54 Å². The Balaban J connectivity index is 2.67. The van der Waals surface area contributed by atoms with E-state index in [-0.39, 0.29) is 24.5 Å². The van der Waals surface area contributed by atoms with Gasteiger partial charge in [0.15, 0.2) is 0 Å². The zero-order chi connectivity index (χ0) is 17.5. The second-order valence-corrected chi connectivity index (χ2v) is 6.34. The van der Waals surface area contributed by atoms with Gasteiger partial charge in [-0.2, -0.15) is 0 Å². The Labute approximate surface area is 137 Å². The van der Waals surface area contributed by atoms with E-state index in [2.05, 4.69) is 10.6 Å². The zero-order valence-electron chi connectivity index (χ0n) is 14.4. The van der Waals surface area contributed by atoms with Crippen molar-refractivity contribution in [2.24, 2.45) is 0 Å². The van der Waals surface area contributed by atoms with Crippen LogP contribution in [-0.4, -0.2) is 48.8 Å². The van der Waals surface area contributed by atoms with E-state index in [4.69, 9.17) is 0 Å². The van der Waals surface area contributed by atoms with E-state index in [1.54, 1.807) is 6.07 Å². The number of halogens is 1. The molecular formula is C17H28FN3O2. The fraction of sp³-hybridized carbons (Fsp3) is 0.588. The van der Waals surface area contributed by atoms with E-state index in [1.807, 2.05) is 38.9 Å². The number of likely N-dealkylation sites (N-methyl/N-ethyl adjacent to an activating group) is 1. The van der Waals surface area contributed by atoms with Crippen molar-refractivity contribution in [2.75, 3.05) is 27.2 Å². The Morgan fingerprint density at radius 2 is 2.13 bits per heavy atom. The number of aliphatic hydroxyl groups is 1. The summed E-state index contributed by atoms with van der Waals surface area (Å²) in [5, 5.41) is 15.1. The maximum Gasteiger partial charge on any atom is 0.315 e. The summed E-state index contributed by atoms with van der Waals surface area (Å²) in [7, 11) is 3.76. The minimum atomic E-state index is -0.634. The molecule has 1 aromatic carbocycles. The lowest BCUT2D eigenvalue weighted by Crippen LogP contribution is -2.53. The SMILES string of the molecule is CCCC(C)(CO)NC(=O)NCC(c1cccc(F)c1)N(C)C. The Hall–Kier alpha value is -1.66. The molecule has 0 heterocycles. The van der Waals surface area contributed by atoms with Gasteiger partial charge < -0.3 is 20.6 Å². The van der Waals surface area contributed by atoms with Gasteiger partial charge in [0.05, 0.1) is 18.2 Å². The molecule has 0 spiro atoms. The van der Waals surface area contributed by atoms with Crippen LogP contribution in [0.4, 0.5) is 9.18 Å². The van der Waals surface area contributed by atoms with E-state index in [0.29, 0.717) is 13.0 Å². The molecule has 0 aromatic heterocycles. The molecule has 0 saturated carbocycles. The minimum Gasteiger partial charge on any atom is -0.394 e. The van der Waals surface area contributed by atoms with Gasteiger partial charge >= 0.3 is 6.03 Å². The van der Waals surface area contributed by atoms with Gasteiger partial charge in [0.1, 0.15) is 5.82 Å².